The van der Waals surface area contributed by atoms with E-state index in [1.54, 1.807) is 0 Å². The lowest BCUT2D eigenvalue weighted by atomic mass is 10.0. The molecule has 0 aromatic heterocycles. The van der Waals surface area contributed by atoms with Gasteiger partial charge in [0.25, 0.3) is 5.67 Å². The lowest BCUT2D eigenvalue weighted by Crippen LogP contribution is -2.58. The molecule has 0 rings (SSSR count). The molecule has 1 atom stereocenters. The van der Waals surface area contributed by atoms with Gasteiger partial charge in [-0.3, -0.25) is 8.78 Å². The predicted molar refractivity (Wildman–Crippen MR) is 166 cm³/mol. The molecule has 0 aliphatic carbocycles. The highest BCUT2D eigenvalue weighted by molar-refractivity contribution is 4.99. The summed E-state index contributed by atoms with van der Waals surface area (Å²) >= 11 is 0. The van der Waals surface area contributed by atoms with Crippen molar-refractivity contribution in [2.24, 2.45) is 0 Å². The molecule has 0 aromatic rings. The summed E-state index contributed by atoms with van der Waals surface area (Å²) in [6.07, 6.45) is -65.2. The third-order valence-electron chi connectivity index (χ3n) is 6.40. The van der Waals surface area contributed by atoms with Crippen LogP contribution in [0.4, 0.5) is 167 Å². The maximum absolute atomic E-state index is 13.1. The standard InChI is InChI=1S/2C8H7F9O.C7H4F10O.C6H4F8O.2CH3F/c1-3-5(10,11)7(14,15)8(16,17)18-6(12,13)4(2)9;1-3-5(10,7(13,14)15)8(16,17)18-6(11,12)4(2)9;1-3(8)6(14,15)18-7(16,17)4(9,10)2-5(11,12)13;1-3(8)5(11,12)15-6(13,14)4(9,10)2-7;2*1-2/h2*2-3H2,1H3;1-2H2;1-2H2;2*1H3. The SMILES string of the molecule is C=C(F)C(F)(F)OC(F)(F)C(F)(CC)C(F)(F)F.C=C(F)C(F)(F)OC(F)(F)C(F)(F)C(F)(F)CC.C=C(F)C(F)(F)OC(F)(F)C(F)(F)CC(F)(F)F.C=C(F)C(F)(F)OC(F)(F)C(F)(F)CF.CF.CF. The number of alkyl halides is 34. The predicted octanol–water partition coefficient (Wildman–Crippen LogP) is 17.4. The second kappa shape index (κ2) is 27.3. The zero-order valence-electron chi connectivity index (χ0n) is 35.2. The van der Waals surface area contributed by atoms with Crippen LogP contribution < -0.4 is 0 Å². The van der Waals surface area contributed by atoms with E-state index in [4.69, 9.17) is 0 Å². The van der Waals surface area contributed by atoms with Crippen LogP contribution in [0.5, 0.6) is 0 Å². The first-order valence-electron chi connectivity index (χ1n) is 16.4. The highest BCUT2D eigenvalue weighted by Gasteiger charge is 2.75. The molecule has 42 heteroatoms. The van der Waals surface area contributed by atoms with E-state index in [0.717, 1.165) is 0 Å². The molecule has 0 heterocycles. The molecule has 0 fully saturated rings. The molecule has 0 bridgehead atoms. The Morgan fingerprint density at radius 1 is 0.342 bits per heavy atom. The molecule has 0 N–H and O–H groups in total. The van der Waals surface area contributed by atoms with Crippen LogP contribution in [0.25, 0.3) is 0 Å². The van der Waals surface area contributed by atoms with E-state index >= 15 is 0 Å². The Balaban J connectivity index is -0.000000200. The summed E-state index contributed by atoms with van der Waals surface area (Å²) in [5.74, 6) is -34.2. The summed E-state index contributed by atoms with van der Waals surface area (Å²) in [6.45, 7) is 5.33. The zero-order valence-corrected chi connectivity index (χ0v) is 35.2. The average molecular weight is 1190 g/mol. The average Bonchev–Trinajstić information content (AvgIpc) is 3.16. The van der Waals surface area contributed by atoms with Gasteiger partial charge in [-0.1, -0.05) is 40.2 Å². The topological polar surface area (TPSA) is 36.9 Å². The van der Waals surface area contributed by atoms with Crippen LogP contribution in [-0.2, 0) is 18.9 Å². The van der Waals surface area contributed by atoms with Crippen molar-refractivity contribution in [1.82, 2.24) is 0 Å². The van der Waals surface area contributed by atoms with Crippen molar-refractivity contribution < 1.29 is 186 Å². The second-order valence-electron chi connectivity index (χ2n) is 11.8. The van der Waals surface area contributed by atoms with Crippen molar-refractivity contribution in [1.29, 1.82) is 0 Å². The molecule has 73 heavy (non-hydrogen) atoms. The summed E-state index contributed by atoms with van der Waals surface area (Å²) < 4.78 is 468. The number of hydrogen-bond acceptors (Lipinski definition) is 4. The van der Waals surface area contributed by atoms with E-state index in [0.29, 0.717) is 28.2 Å². The Kier molecular flexibility index (Phi) is 30.1. The van der Waals surface area contributed by atoms with Crippen LogP contribution >= 0.6 is 0 Å². The van der Waals surface area contributed by atoms with Gasteiger partial charge in [0.1, 0.15) is 6.42 Å². The van der Waals surface area contributed by atoms with Crippen LogP contribution in [0.15, 0.2) is 49.6 Å². The molecule has 0 saturated heterocycles. The van der Waals surface area contributed by atoms with Gasteiger partial charge in [-0.25, -0.2) is 45.3 Å². The Labute approximate surface area is 381 Å². The molecule has 0 aliphatic heterocycles. The number of ether oxygens (including phenoxy) is 4. The highest BCUT2D eigenvalue weighted by atomic mass is 19.4. The van der Waals surface area contributed by atoms with E-state index < -0.39 is 140 Å². The lowest BCUT2D eigenvalue weighted by molar-refractivity contribution is -0.451. The summed E-state index contributed by atoms with van der Waals surface area (Å²) in [5.41, 5.74) is -5.38. The Hall–Kier alpha value is -3.86. The van der Waals surface area contributed by atoms with Crippen molar-refractivity contribution in [3.05, 3.63) is 49.6 Å². The molecule has 0 aliphatic rings. The minimum absolute atomic E-state index is 0.340. The van der Waals surface area contributed by atoms with Crippen molar-refractivity contribution in [2.75, 3.05) is 21.0 Å². The van der Waals surface area contributed by atoms with Gasteiger partial charge in [0.2, 0.25) is 0 Å². The number of rotatable bonds is 21. The maximum atomic E-state index is 13.1. The van der Waals surface area contributed by atoms with E-state index in [1.165, 1.54) is 0 Å². The molecule has 0 radical (unpaired) electrons. The normalized spacial score (nSPS) is 14.7. The fourth-order valence-corrected chi connectivity index (χ4v) is 2.60. The first-order valence-corrected chi connectivity index (χ1v) is 16.4. The quantitative estimate of drug-likeness (QED) is 0.107. The van der Waals surface area contributed by atoms with Gasteiger partial charge in [-0.05, 0) is 6.42 Å². The third kappa shape index (κ3) is 23.3. The van der Waals surface area contributed by atoms with Gasteiger partial charge in [0.05, 0.1) is 14.4 Å². The monoisotopic (exact) mass is 1190 g/mol. The minimum Gasteiger partial charge on any atom is -0.255 e. The zero-order chi connectivity index (χ0) is 61.5. The molecule has 0 saturated carbocycles. The van der Waals surface area contributed by atoms with Gasteiger partial charge >= 0.3 is 84.9 Å². The van der Waals surface area contributed by atoms with Crippen molar-refractivity contribution in [2.45, 2.75) is 124 Å². The number of hydrogen-bond donors (Lipinski definition) is 0. The van der Waals surface area contributed by atoms with Crippen LogP contribution in [0.1, 0.15) is 33.1 Å². The minimum atomic E-state index is -6.29. The fraction of sp³-hybridized carbons (Fsp3) is 0.742. The molecule has 442 valence electrons. The lowest BCUT2D eigenvalue weighted by Gasteiger charge is -2.34. The van der Waals surface area contributed by atoms with Gasteiger partial charge < -0.3 is 0 Å². The molecule has 0 aromatic carbocycles. The van der Waals surface area contributed by atoms with Gasteiger partial charge in [-0.15, -0.1) is 0 Å². The van der Waals surface area contributed by atoms with Crippen LogP contribution in [0.3, 0.4) is 0 Å². The summed E-state index contributed by atoms with van der Waals surface area (Å²) in [6, 6.07) is 0. The van der Waals surface area contributed by atoms with E-state index in [9.17, 15) is 167 Å². The molecule has 0 spiro atoms. The Morgan fingerprint density at radius 2 is 0.575 bits per heavy atom. The molecular weight excluding hydrogens is 1160 g/mol. The fourth-order valence-electron chi connectivity index (χ4n) is 2.60. The van der Waals surface area contributed by atoms with Crippen LogP contribution in [-0.4, -0.2) is 112 Å². The van der Waals surface area contributed by atoms with E-state index in [2.05, 4.69) is 18.9 Å². The third-order valence-corrected chi connectivity index (χ3v) is 6.40. The van der Waals surface area contributed by atoms with Crippen LogP contribution in [0.2, 0.25) is 0 Å². The molecule has 0 amide bonds. The summed E-state index contributed by atoms with van der Waals surface area (Å²) in [7, 11) is 1.00. The van der Waals surface area contributed by atoms with Crippen molar-refractivity contribution in [3.8, 4) is 0 Å². The smallest absolute Gasteiger partial charge is 0.255 e. The van der Waals surface area contributed by atoms with Crippen molar-refractivity contribution in [3.63, 3.8) is 0 Å². The first-order chi connectivity index (χ1) is 31.5. The molecule has 4 nitrogen and oxygen atoms in total. The second-order valence-corrected chi connectivity index (χ2v) is 11.8. The Morgan fingerprint density at radius 3 is 0.767 bits per heavy atom. The first kappa shape index (κ1) is 80.5. The maximum Gasteiger partial charge on any atom is 0.431 e. The van der Waals surface area contributed by atoms with Gasteiger partial charge in [0.15, 0.2) is 30.0 Å². The van der Waals surface area contributed by atoms with Crippen molar-refractivity contribution >= 4 is 0 Å². The Bertz CT molecular complexity index is 1700. The van der Waals surface area contributed by atoms with Gasteiger partial charge in [0, 0.05) is 6.42 Å². The molecule has 1 unspecified atom stereocenters. The van der Waals surface area contributed by atoms with E-state index in [1.807, 2.05) is 26.3 Å². The largest absolute Gasteiger partial charge is 0.431 e. The van der Waals surface area contributed by atoms with E-state index in [-0.39, 0.29) is 0 Å². The molecular formula is C31H28F38O4. The summed E-state index contributed by atoms with van der Waals surface area (Å²) in [5, 5.41) is 0. The van der Waals surface area contributed by atoms with Crippen LogP contribution in [0, 0.1) is 0 Å². The highest BCUT2D eigenvalue weighted by Crippen LogP contribution is 2.52. The number of halogens is 38. The summed E-state index contributed by atoms with van der Waals surface area (Å²) in [4.78, 5) is 0. The van der Waals surface area contributed by atoms with Gasteiger partial charge in [-0.2, -0.15) is 132 Å².